The summed E-state index contributed by atoms with van der Waals surface area (Å²) in [6.45, 7) is 3.86. The molecule has 0 saturated heterocycles. The second kappa shape index (κ2) is 3.95. The molecule has 0 radical (unpaired) electrons. The van der Waals surface area contributed by atoms with Crippen molar-refractivity contribution in [3.63, 3.8) is 0 Å². The molecule has 0 aliphatic carbocycles. The predicted octanol–water partition coefficient (Wildman–Crippen LogP) is 0.387. The predicted molar refractivity (Wildman–Crippen MR) is 63.9 cm³/mol. The van der Waals surface area contributed by atoms with Crippen LogP contribution in [0.5, 0.6) is 0 Å². The molecule has 3 N–H and O–H groups in total. The first-order valence-electron chi connectivity index (χ1n) is 5.19. The molecule has 0 amide bonds. The summed E-state index contributed by atoms with van der Waals surface area (Å²) >= 11 is 0. The molecule has 6 heteroatoms. The lowest BCUT2D eigenvalue weighted by Gasteiger charge is -2.21. The zero-order valence-electron chi connectivity index (χ0n) is 9.10. The van der Waals surface area contributed by atoms with Crippen molar-refractivity contribution >= 4 is 21.4 Å². The maximum absolute atomic E-state index is 11.9. The van der Waals surface area contributed by atoms with Crippen LogP contribution in [0.3, 0.4) is 0 Å². The maximum atomic E-state index is 11.9. The molecule has 0 unspecified atom stereocenters. The van der Waals surface area contributed by atoms with Gasteiger partial charge in [0, 0.05) is 25.3 Å². The third kappa shape index (κ3) is 1.85. The molecule has 1 aromatic carbocycles. The minimum absolute atomic E-state index is 0.270. The fourth-order valence-electron chi connectivity index (χ4n) is 1.85. The number of nitrogens with two attached hydrogens (primary N) is 1. The Morgan fingerprint density at radius 2 is 2.25 bits per heavy atom. The quantitative estimate of drug-likeness (QED) is 0.697. The monoisotopic (exact) mass is 241 g/mol. The summed E-state index contributed by atoms with van der Waals surface area (Å²) < 4.78 is 26.4. The first-order valence-corrected chi connectivity index (χ1v) is 6.67. The molecular formula is C10H15N3O2S. The fraction of sp³-hybridized carbons (Fsp3) is 0.400. The van der Waals surface area contributed by atoms with Gasteiger partial charge in [-0.1, -0.05) is 0 Å². The van der Waals surface area contributed by atoms with Gasteiger partial charge in [-0.05, 0) is 25.1 Å². The number of nitrogens with one attached hydrogen (secondary N) is 1. The lowest BCUT2D eigenvalue weighted by Crippen LogP contribution is -2.29. The van der Waals surface area contributed by atoms with Gasteiger partial charge in [0.1, 0.15) is 4.90 Å². The number of benzene rings is 1. The molecule has 1 aliphatic rings. The number of hydrogen-bond donors (Lipinski definition) is 2. The van der Waals surface area contributed by atoms with Gasteiger partial charge in [0.2, 0.25) is 10.0 Å². The van der Waals surface area contributed by atoms with Crippen molar-refractivity contribution in [2.75, 3.05) is 30.3 Å². The first kappa shape index (κ1) is 11.2. The van der Waals surface area contributed by atoms with Crippen LogP contribution in [0.25, 0.3) is 0 Å². The van der Waals surface area contributed by atoms with E-state index in [1.165, 1.54) is 6.07 Å². The van der Waals surface area contributed by atoms with Crippen LogP contribution in [-0.2, 0) is 10.0 Å². The van der Waals surface area contributed by atoms with Crippen molar-refractivity contribution < 1.29 is 8.42 Å². The number of likely N-dealkylation sites (N-methyl/N-ethyl adjacent to an activating group) is 1. The molecule has 0 spiro atoms. The zero-order valence-corrected chi connectivity index (χ0v) is 9.92. The van der Waals surface area contributed by atoms with Crippen molar-refractivity contribution in [1.29, 1.82) is 0 Å². The van der Waals surface area contributed by atoms with E-state index in [9.17, 15) is 8.42 Å². The molecule has 0 aromatic heterocycles. The van der Waals surface area contributed by atoms with E-state index < -0.39 is 10.0 Å². The Morgan fingerprint density at radius 3 is 2.94 bits per heavy atom. The van der Waals surface area contributed by atoms with E-state index in [4.69, 9.17) is 5.73 Å². The summed E-state index contributed by atoms with van der Waals surface area (Å²) in [4.78, 5) is 2.29. The average Bonchev–Trinajstić information content (AvgIpc) is 2.36. The normalized spacial score (nSPS) is 18.9. The van der Waals surface area contributed by atoms with Gasteiger partial charge in [-0.3, -0.25) is 0 Å². The molecule has 0 atom stereocenters. The topological polar surface area (TPSA) is 75.4 Å². The van der Waals surface area contributed by atoms with Crippen LogP contribution >= 0.6 is 0 Å². The molecule has 88 valence electrons. The second-order valence-electron chi connectivity index (χ2n) is 3.70. The summed E-state index contributed by atoms with van der Waals surface area (Å²) in [5, 5.41) is 0. The Balaban J connectivity index is 2.64. The standard InChI is InChI=1S/C10H15N3O2S/c1-2-13-6-5-12-16(14,15)10-7-8(11)3-4-9(10)13/h3-4,7,12H,2,5-6,11H2,1H3. The summed E-state index contributed by atoms with van der Waals surface area (Å²) in [5.41, 5.74) is 6.81. The van der Waals surface area contributed by atoms with Gasteiger partial charge >= 0.3 is 0 Å². The maximum Gasteiger partial charge on any atom is 0.242 e. The largest absolute Gasteiger partial charge is 0.399 e. The fourth-order valence-corrected chi connectivity index (χ4v) is 3.13. The van der Waals surface area contributed by atoms with Crippen LogP contribution in [0.4, 0.5) is 11.4 Å². The van der Waals surface area contributed by atoms with E-state index in [1.54, 1.807) is 12.1 Å². The number of hydrogen-bond acceptors (Lipinski definition) is 4. The van der Waals surface area contributed by atoms with E-state index in [2.05, 4.69) is 4.72 Å². The number of sulfonamides is 1. The van der Waals surface area contributed by atoms with Gasteiger partial charge in [0.15, 0.2) is 0 Å². The zero-order chi connectivity index (χ0) is 11.8. The Labute approximate surface area is 95.3 Å². The first-order chi connectivity index (χ1) is 7.54. The smallest absolute Gasteiger partial charge is 0.242 e. The Kier molecular flexibility index (Phi) is 2.77. The highest BCUT2D eigenvalue weighted by Gasteiger charge is 2.24. The van der Waals surface area contributed by atoms with Gasteiger partial charge in [-0.15, -0.1) is 0 Å². The number of rotatable bonds is 1. The SMILES string of the molecule is CCN1CCNS(=O)(=O)c2cc(N)ccc21. The Bertz CT molecular complexity index is 499. The summed E-state index contributed by atoms with van der Waals surface area (Å²) in [7, 11) is -3.42. The average molecular weight is 241 g/mol. The third-order valence-electron chi connectivity index (χ3n) is 2.67. The van der Waals surface area contributed by atoms with E-state index in [0.29, 0.717) is 18.8 Å². The highest BCUT2D eigenvalue weighted by molar-refractivity contribution is 7.89. The molecule has 16 heavy (non-hydrogen) atoms. The molecule has 2 rings (SSSR count). The second-order valence-corrected chi connectivity index (χ2v) is 5.44. The molecule has 1 aromatic rings. The number of anilines is 2. The number of nitrogens with zero attached hydrogens (tertiary/aromatic N) is 1. The molecule has 1 aliphatic heterocycles. The molecule has 0 bridgehead atoms. The Morgan fingerprint density at radius 1 is 1.50 bits per heavy atom. The van der Waals surface area contributed by atoms with Crippen molar-refractivity contribution in [2.24, 2.45) is 0 Å². The number of nitrogen functional groups attached to an aromatic ring is 1. The van der Waals surface area contributed by atoms with Gasteiger partial charge in [0.25, 0.3) is 0 Å². The molecule has 0 saturated carbocycles. The van der Waals surface area contributed by atoms with E-state index in [0.717, 1.165) is 12.2 Å². The van der Waals surface area contributed by atoms with Crippen molar-refractivity contribution in [1.82, 2.24) is 4.72 Å². The molecule has 5 nitrogen and oxygen atoms in total. The minimum atomic E-state index is -3.42. The van der Waals surface area contributed by atoms with Crippen molar-refractivity contribution in [3.05, 3.63) is 18.2 Å². The van der Waals surface area contributed by atoms with Crippen LogP contribution in [0, 0.1) is 0 Å². The summed E-state index contributed by atoms with van der Waals surface area (Å²) in [6, 6.07) is 4.99. The van der Waals surface area contributed by atoms with Crippen LogP contribution < -0.4 is 15.4 Å². The van der Waals surface area contributed by atoms with E-state index in [1.807, 2.05) is 11.8 Å². The van der Waals surface area contributed by atoms with E-state index in [-0.39, 0.29) is 4.90 Å². The summed E-state index contributed by atoms with van der Waals surface area (Å²) in [6.07, 6.45) is 0. The van der Waals surface area contributed by atoms with Gasteiger partial charge in [0.05, 0.1) is 5.69 Å². The lowest BCUT2D eigenvalue weighted by atomic mass is 10.2. The van der Waals surface area contributed by atoms with Gasteiger partial charge in [-0.2, -0.15) is 0 Å². The highest BCUT2D eigenvalue weighted by Crippen LogP contribution is 2.28. The van der Waals surface area contributed by atoms with Crippen LogP contribution in [0.2, 0.25) is 0 Å². The third-order valence-corrected chi connectivity index (χ3v) is 4.16. The van der Waals surface area contributed by atoms with Crippen LogP contribution in [0.15, 0.2) is 23.1 Å². The summed E-state index contributed by atoms with van der Waals surface area (Å²) in [5.74, 6) is 0. The highest BCUT2D eigenvalue weighted by atomic mass is 32.2. The van der Waals surface area contributed by atoms with Gasteiger partial charge < -0.3 is 10.6 Å². The van der Waals surface area contributed by atoms with Crippen LogP contribution in [0.1, 0.15) is 6.92 Å². The number of fused-ring (bicyclic) bond motifs is 1. The molecule has 0 fully saturated rings. The Hall–Kier alpha value is -1.27. The van der Waals surface area contributed by atoms with Crippen molar-refractivity contribution in [2.45, 2.75) is 11.8 Å². The molecule has 1 heterocycles. The lowest BCUT2D eigenvalue weighted by molar-refractivity contribution is 0.585. The molecular weight excluding hydrogens is 226 g/mol. The minimum Gasteiger partial charge on any atom is -0.399 e. The van der Waals surface area contributed by atoms with E-state index >= 15 is 0 Å². The van der Waals surface area contributed by atoms with Crippen LogP contribution in [-0.4, -0.2) is 28.1 Å². The van der Waals surface area contributed by atoms with Gasteiger partial charge in [-0.25, -0.2) is 13.1 Å². The van der Waals surface area contributed by atoms with Crippen molar-refractivity contribution in [3.8, 4) is 0 Å².